The average molecular weight is 267 g/mol. The standard InChI is InChI=1S/C11H17N5OS/c1-8-5-13-9-16(8)14-10(18-9)15-4-2-3-11(17,6-12)7-15/h5,17H,2-4,6-7,12H2,1H3. The van der Waals surface area contributed by atoms with Crippen LogP contribution < -0.4 is 10.6 Å². The molecule has 6 nitrogen and oxygen atoms in total. The van der Waals surface area contributed by atoms with E-state index in [1.54, 1.807) is 11.3 Å². The van der Waals surface area contributed by atoms with E-state index in [0.29, 0.717) is 13.1 Å². The second-order valence-electron chi connectivity index (χ2n) is 4.93. The summed E-state index contributed by atoms with van der Waals surface area (Å²) >= 11 is 1.55. The highest BCUT2D eigenvalue weighted by molar-refractivity contribution is 7.20. The molecule has 3 N–H and O–H groups in total. The Hall–Kier alpha value is -1.18. The van der Waals surface area contributed by atoms with Crippen LogP contribution in [0.2, 0.25) is 0 Å². The zero-order valence-electron chi connectivity index (χ0n) is 10.3. The van der Waals surface area contributed by atoms with Crippen molar-refractivity contribution in [1.82, 2.24) is 14.6 Å². The minimum atomic E-state index is -0.777. The summed E-state index contributed by atoms with van der Waals surface area (Å²) in [5.41, 5.74) is 5.90. The number of imidazole rings is 1. The number of aliphatic hydroxyl groups is 1. The third-order valence-electron chi connectivity index (χ3n) is 3.45. The molecule has 98 valence electrons. The number of β-amino-alcohol motifs (C(OH)–C–C–N with tert-alkyl or cyclic N) is 1. The summed E-state index contributed by atoms with van der Waals surface area (Å²) < 4.78 is 1.84. The summed E-state index contributed by atoms with van der Waals surface area (Å²) in [5.74, 6) is 0. The highest BCUT2D eigenvalue weighted by atomic mass is 32.1. The van der Waals surface area contributed by atoms with Crippen molar-refractivity contribution < 1.29 is 5.11 Å². The summed E-state index contributed by atoms with van der Waals surface area (Å²) in [6, 6.07) is 0. The van der Waals surface area contributed by atoms with E-state index in [4.69, 9.17) is 5.73 Å². The Kier molecular flexibility index (Phi) is 2.76. The molecule has 3 rings (SSSR count). The van der Waals surface area contributed by atoms with E-state index >= 15 is 0 Å². The molecule has 0 spiro atoms. The van der Waals surface area contributed by atoms with Crippen molar-refractivity contribution in [2.24, 2.45) is 5.73 Å². The van der Waals surface area contributed by atoms with Gasteiger partial charge in [-0.05, 0) is 19.8 Å². The van der Waals surface area contributed by atoms with Crippen LogP contribution in [0.25, 0.3) is 4.96 Å². The first-order valence-corrected chi connectivity index (χ1v) is 6.91. The number of aromatic nitrogens is 3. The quantitative estimate of drug-likeness (QED) is 0.823. The van der Waals surface area contributed by atoms with Gasteiger partial charge in [-0.25, -0.2) is 9.50 Å². The monoisotopic (exact) mass is 267 g/mol. The fourth-order valence-electron chi connectivity index (χ4n) is 2.36. The number of fused-ring (bicyclic) bond motifs is 1. The topological polar surface area (TPSA) is 79.7 Å². The Labute approximate surface area is 109 Å². The van der Waals surface area contributed by atoms with E-state index in [0.717, 1.165) is 35.2 Å². The Bertz CT molecular complexity index is 565. The molecule has 2 aromatic heterocycles. The van der Waals surface area contributed by atoms with Crippen LogP contribution >= 0.6 is 11.3 Å². The van der Waals surface area contributed by atoms with Gasteiger partial charge in [-0.1, -0.05) is 11.3 Å². The lowest BCUT2D eigenvalue weighted by molar-refractivity contribution is 0.0346. The van der Waals surface area contributed by atoms with Crippen LogP contribution in [0.3, 0.4) is 0 Å². The summed E-state index contributed by atoms with van der Waals surface area (Å²) in [6.07, 6.45) is 3.52. The van der Waals surface area contributed by atoms with E-state index in [1.807, 2.05) is 17.6 Å². The molecule has 0 aliphatic carbocycles. The maximum atomic E-state index is 10.3. The number of nitrogens with zero attached hydrogens (tertiary/aromatic N) is 4. The predicted octanol–water partition coefficient (Wildman–Crippen LogP) is 0.389. The van der Waals surface area contributed by atoms with Crippen LogP contribution in [0, 0.1) is 6.92 Å². The normalized spacial score (nSPS) is 24.9. The third kappa shape index (κ3) is 1.88. The van der Waals surface area contributed by atoms with Crippen molar-refractivity contribution in [3.05, 3.63) is 11.9 Å². The number of nitrogens with two attached hydrogens (primary N) is 1. The maximum Gasteiger partial charge on any atom is 0.214 e. The van der Waals surface area contributed by atoms with Crippen molar-refractivity contribution >= 4 is 21.4 Å². The minimum absolute atomic E-state index is 0.297. The van der Waals surface area contributed by atoms with Gasteiger partial charge in [0.15, 0.2) is 0 Å². The Morgan fingerprint density at radius 1 is 1.61 bits per heavy atom. The highest BCUT2D eigenvalue weighted by Gasteiger charge is 2.33. The summed E-state index contributed by atoms with van der Waals surface area (Å²) in [7, 11) is 0. The molecule has 3 heterocycles. The molecule has 2 aromatic rings. The number of hydrogen-bond acceptors (Lipinski definition) is 6. The number of piperidine rings is 1. The van der Waals surface area contributed by atoms with Crippen LogP contribution in [0.1, 0.15) is 18.5 Å². The average Bonchev–Trinajstić information content (AvgIpc) is 2.92. The SMILES string of the molecule is Cc1cnc2sc(N3CCCC(O)(CN)C3)nn12. The molecular formula is C11H17N5OS. The molecule has 7 heteroatoms. The predicted molar refractivity (Wildman–Crippen MR) is 71.1 cm³/mol. The lowest BCUT2D eigenvalue weighted by Gasteiger charge is -2.38. The lowest BCUT2D eigenvalue weighted by atomic mass is 9.93. The first kappa shape index (κ1) is 11.9. The van der Waals surface area contributed by atoms with Crippen LogP contribution in [0.5, 0.6) is 0 Å². The Morgan fingerprint density at radius 3 is 3.17 bits per heavy atom. The molecule has 1 saturated heterocycles. The molecule has 1 fully saturated rings. The molecule has 18 heavy (non-hydrogen) atoms. The van der Waals surface area contributed by atoms with E-state index in [1.165, 1.54) is 0 Å². The molecule has 1 aliphatic rings. The molecule has 0 aromatic carbocycles. The van der Waals surface area contributed by atoms with E-state index in [-0.39, 0.29) is 0 Å². The zero-order chi connectivity index (χ0) is 12.8. The van der Waals surface area contributed by atoms with Gasteiger partial charge in [-0.2, -0.15) is 0 Å². The summed E-state index contributed by atoms with van der Waals surface area (Å²) in [4.78, 5) is 7.29. The number of aryl methyl sites for hydroxylation is 1. The van der Waals surface area contributed by atoms with Gasteiger partial charge in [-0.15, -0.1) is 5.10 Å². The molecule has 1 aliphatic heterocycles. The molecule has 0 amide bonds. The first-order valence-electron chi connectivity index (χ1n) is 6.10. The van der Waals surface area contributed by atoms with Gasteiger partial charge in [0.05, 0.1) is 24.0 Å². The van der Waals surface area contributed by atoms with Gasteiger partial charge in [0.25, 0.3) is 0 Å². The first-order chi connectivity index (χ1) is 8.61. The molecule has 1 atom stereocenters. The third-order valence-corrected chi connectivity index (χ3v) is 4.43. The van der Waals surface area contributed by atoms with Gasteiger partial charge in [0.2, 0.25) is 10.1 Å². The number of hydrogen-bond donors (Lipinski definition) is 2. The molecule has 0 bridgehead atoms. The molecule has 0 radical (unpaired) electrons. The number of rotatable bonds is 2. The highest BCUT2D eigenvalue weighted by Crippen LogP contribution is 2.29. The van der Waals surface area contributed by atoms with Crippen LogP contribution in [0.4, 0.5) is 5.13 Å². The van der Waals surface area contributed by atoms with Crippen molar-refractivity contribution in [2.75, 3.05) is 24.5 Å². The summed E-state index contributed by atoms with van der Waals surface area (Å²) in [5, 5.41) is 15.7. The minimum Gasteiger partial charge on any atom is -0.387 e. The number of anilines is 1. The fraction of sp³-hybridized carbons (Fsp3) is 0.636. The van der Waals surface area contributed by atoms with Gasteiger partial charge in [-0.3, -0.25) is 0 Å². The van der Waals surface area contributed by atoms with Gasteiger partial charge in [0, 0.05) is 13.1 Å². The Morgan fingerprint density at radius 2 is 2.44 bits per heavy atom. The second kappa shape index (κ2) is 4.18. The van der Waals surface area contributed by atoms with E-state index < -0.39 is 5.60 Å². The maximum absolute atomic E-state index is 10.3. The van der Waals surface area contributed by atoms with Crippen LogP contribution in [0.15, 0.2) is 6.20 Å². The van der Waals surface area contributed by atoms with E-state index in [9.17, 15) is 5.11 Å². The zero-order valence-corrected chi connectivity index (χ0v) is 11.2. The van der Waals surface area contributed by atoms with Crippen LogP contribution in [-0.2, 0) is 0 Å². The van der Waals surface area contributed by atoms with Gasteiger partial charge < -0.3 is 15.7 Å². The van der Waals surface area contributed by atoms with Crippen molar-refractivity contribution in [3.63, 3.8) is 0 Å². The van der Waals surface area contributed by atoms with Gasteiger partial charge in [0.1, 0.15) is 0 Å². The molecule has 1 unspecified atom stereocenters. The van der Waals surface area contributed by atoms with Crippen molar-refractivity contribution in [3.8, 4) is 0 Å². The van der Waals surface area contributed by atoms with E-state index in [2.05, 4.69) is 15.0 Å². The van der Waals surface area contributed by atoms with Gasteiger partial charge >= 0.3 is 0 Å². The second-order valence-corrected chi connectivity index (χ2v) is 5.87. The van der Waals surface area contributed by atoms with Crippen molar-refractivity contribution in [1.29, 1.82) is 0 Å². The summed E-state index contributed by atoms with van der Waals surface area (Å²) in [6.45, 7) is 3.75. The lowest BCUT2D eigenvalue weighted by Crippen LogP contribution is -2.52. The van der Waals surface area contributed by atoms with Crippen LogP contribution in [-0.4, -0.2) is 44.9 Å². The smallest absolute Gasteiger partial charge is 0.214 e. The van der Waals surface area contributed by atoms with Crippen molar-refractivity contribution in [2.45, 2.75) is 25.4 Å². The Balaban J connectivity index is 1.89. The largest absolute Gasteiger partial charge is 0.387 e. The molecule has 0 saturated carbocycles. The molecular weight excluding hydrogens is 250 g/mol. The fourth-order valence-corrected chi connectivity index (χ4v) is 3.31.